The second kappa shape index (κ2) is 9.01. The standard InChI is InChI=1S/C20H20N2O3S2/c1-3-21-18(23)13(2)25-19(24)15-10-8-14(9-11-15)12-26-20-22-16-6-4-5-7-17(16)27-20/h4-11,13H,3,12H2,1-2H3,(H,21,23)/t13-/m1/s1. The van der Waals surface area contributed by atoms with Crippen LogP contribution in [0.25, 0.3) is 10.2 Å². The van der Waals surface area contributed by atoms with Gasteiger partial charge in [-0.2, -0.15) is 0 Å². The summed E-state index contributed by atoms with van der Waals surface area (Å²) < 4.78 is 7.39. The molecule has 2 aromatic carbocycles. The third kappa shape index (κ3) is 5.08. The lowest BCUT2D eigenvalue weighted by atomic mass is 10.1. The fourth-order valence-electron chi connectivity index (χ4n) is 2.40. The second-order valence-electron chi connectivity index (χ2n) is 5.88. The Morgan fingerprint density at radius 3 is 2.63 bits per heavy atom. The van der Waals surface area contributed by atoms with E-state index in [0.29, 0.717) is 12.1 Å². The molecular formula is C20H20N2O3S2. The lowest BCUT2D eigenvalue weighted by Gasteiger charge is -2.12. The molecule has 0 saturated heterocycles. The molecule has 0 spiro atoms. The molecule has 0 aliphatic heterocycles. The van der Waals surface area contributed by atoms with E-state index in [2.05, 4.69) is 16.4 Å². The number of nitrogens with one attached hydrogen (secondary N) is 1. The van der Waals surface area contributed by atoms with Gasteiger partial charge in [-0.15, -0.1) is 11.3 Å². The third-order valence-electron chi connectivity index (χ3n) is 3.83. The van der Waals surface area contributed by atoms with Crippen LogP contribution in [0, 0.1) is 0 Å². The summed E-state index contributed by atoms with van der Waals surface area (Å²) in [5.41, 5.74) is 2.54. The van der Waals surface area contributed by atoms with E-state index in [1.165, 1.54) is 4.70 Å². The van der Waals surface area contributed by atoms with Crippen LogP contribution in [-0.4, -0.2) is 29.5 Å². The number of aromatic nitrogens is 1. The van der Waals surface area contributed by atoms with E-state index in [9.17, 15) is 9.59 Å². The van der Waals surface area contributed by atoms with Gasteiger partial charge in [-0.05, 0) is 43.7 Å². The zero-order chi connectivity index (χ0) is 19.2. The number of thioether (sulfide) groups is 1. The van der Waals surface area contributed by atoms with Gasteiger partial charge in [-0.1, -0.05) is 36.0 Å². The molecule has 3 aromatic rings. The number of carbonyl (C=O) groups is 2. The number of para-hydroxylation sites is 1. The van der Waals surface area contributed by atoms with Crippen molar-refractivity contribution in [2.24, 2.45) is 0 Å². The topological polar surface area (TPSA) is 68.3 Å². The van der Waals surface area contributed by atoms with E-state index in [1.54, 1.807) is 42.2 Å². The lowest BCUT2D eigenvalue weighted by Crippen LogP contribution is -2.35. The van der Waals surface area contributed by atoms with Gasteiger partial charge in [0.1, 0.15) is 0 Å². The maximum Gasteiger partial charge on any atom is 0.338 e. The SMILES string of the molecule is CCNC(=O)[C@@H](C)OC(=O)c1ccc(CSc2nc3ccccc3s2)cc1. The number of amides is 1. The number of hydrogen-bond acceptors (Lipinski definition) is 6. The lowest BCUT2D eigenvalue weighted by molar-refractivity contribution is -0.128. The smallest absolute Gasteiger partial charge is 0.338 e. The first-order valence-electron chi connectivity index (χ1n) is 8.63. The third-order valence-corrected chi connectivity index (χ3v) is 6.08. The van der Waals surface area contributed by atoms with Gasteiger partial charge in [-0.3, -0.25) is 4.79 Å². The average molecular weight is 401 g/mol. The molecule has 0 bridgehead atoms. The van der Waals surface area contributed by atoms with Crippen molar-refractivity contribution in [3.8, 4) is 0 Å². The minimum atomic E-state index is -0.813. The summed E-state index contributed by atoms with van der Waals surface area (Å²) in [6.45, 7) is 3.88. The van der Waals surface area contributed by atoms with Crippen molar-refractivity contribution in [1.29, 1.82) is 0 Å². The van der Waals surface area contributed by atoms with Crippen LogP contribution in [0.5, 0.6) is 0 Å². The molecule has 1 amide bonds. The molecule has 7 heteroatoms. The Bertz CT molecular complexity index is 905. The fraction of sp³-hybridized carbons (Fsp3) is 0.250. The molecule has 27 heavy (non-hydrogen) atoms. The van der Waals surface area contributed by atoms with Gasteiger partial charge in [0.15, 0.2) is 10.4 Å². The van der Waals surface area contributed by atoms with Crippen molar-refractivity contribution in [3.05, 3.63) is 59.7 Å². The molecule has 0 unspecified atom stereocenters. The number of hydrogen-bond donors (Lipinski definition) is 1. The predicted molar refractivity (Wildman–Crippen MR) is 109 cm³/mol. The summed E-state index contributed by atoms with van der Waals surface area (Å²) in [6.07, 6.45) is -0.813. The van der Waals surface area contributed by atoms with Crippen LogP contribution in [0.4, 0.5) is 0 Å². The van der Waals surface area contributed by atoms with Crippen LogP contribution < -0.4 is 5.32 Å². The summed E-state index contributed by atoms with van der Waals surface area (Å²) >= 11 is 3.35. The highest BCUT2D eigenvalue weighted by Gasteiger charge is 2.18. The molecule has 1 N–H and O–H groups in total. The van der Waals surface area contributed by atoms with Crippen LogP contribution >= 0.6 is 23.1 Å². The molecule has 3 rings (SSSR count). The number of rotatable bonds is 7. The molecular weight excluding hydrogens is 380 g/mol. The van der Waals surface area contributed by atoms with Gasteiger partial charge in [-0.25, -0.2) is 9.78 Å². The van der Waals surface area contributed by atoms with Crippen molar-refractivity contribution < 1.29 is 14.3 Å². The van der Waals surface area contributed by atoms with Crippen LogP contribution in [0.2, 0.25) is 0 Å². The van der Waals surface area contributed by atoms with Crippen molar-refractivity contribution in [3.63, 3.8) is 0 Å². The molecule has 0 radical (unpaired) electrons. The summed E-state index contributed by atoms with van der Waals surface area (Å²) in [6, 6.07) is 15.3. The first-order valence-corrected chi connectivity index (χ1v) is 10.4. The largest absolute Gasteiger partial charge is 0.449 e. The minimum absolute atomic E-state index is 0.297. The van der Waals surface area contributed by atoms with Gasteiger partial charge in [0.25, 0.3) is 5.91 Å². The molecule has 1 aromatic heterocycles. The number of benzene rings is 2. The van der Waals surface area contributed by atoms with Crippen LogP contribution in [-0.2, 0) is 15.3 Å². The van der Waals surface area contributed by atoms with Crippen molar-refractivity contribution in [1.82, 2.24) is 10.3 Å². The summed E-state index contributed by atoms with van der Waals surface area (Å²) in [4.78, 5) is 28.4. The van der Waals surface area contributed by atoms with E-state index >= 15 is 0 Å². The van der Waals surface area contributed by atoms with Gasteiger partial charge in [0.2, 0.25) is 0 Å². The number of ether oxygens (including phenoxy) is 1. The normalized spacial score (nSPS) is 11.9. The molecule has 140 valence electrons. The van der Waals surface area contributed by atoms with E-state index in [0.717, 1.165) is 21.2 Å². The number of esters is 1. The molecule has 1 atom stereocenters. The minimum Gasteiger partial charge on any atom is -0.449 e. The highest BCUT2D eigenvalue weighted by atomic mass is 32.2. The quantitative estimate of drug-likeness (QED) is 0.474. The Kier molecular flexibility index (Phi) is 6.47. The van der Waals surface area contributed by atoms with Gasteiger partial charge in [0.05, 0.1) is 15.8 Å². The fourth-order valence-corrected chi connectivity index (χ4v) is 4.42. The Morgan fingerprint density at radius 2 is 1.93 bits per heavy atom. The van der Waals surface area contributed by atoms with E-state index < -0.39 is 12.1 Å². The van der Waals surface area contributed by atoms with Crippen LogP contribution in [0.3, 0.4) is 0 Å². The summed E-state index contributed by atoms with van der Waals surface area (Å²) in [7, 11) is 0. The molecule has 5 nitrogen and oxygen atoms in total. The van der Waals surface area contributed by atoms with Gasteiger partial charge >= 0.3 is 5.97 Å². The highest BCUT2D eigenvalue weighted by molar-refractivity contribution is 8.00. The molecule has 1 heterocycles. The molecule has 0 saturated carbocycles. The predicted octanol–water partition coefficient (Wildman–Crippen LogP) is 4.27. The molecule has 0 fully saturated rings. The Labute approximate surface area is 166 Å². The maximum absolute atomic E-state index is 12.1. The first-order chi connectivity index (χ1) is 13.1. The van der Waals surface area contributed by atoms with Crippen molar-refractivity contribution >= 4 is 45.2 Å². The van der Waals surface area contributed by atoms with Crippen molar-refractivity contribution in [2.75, 3.05) is 6.54 Å². The Morgan fingerprint density at radius 1 is 1.19 bits per heavy atom. The Balaban J connectivity index is 1.56. The Hall–Kier alpha value is -2.38. The molecule has 0 aliphatic rings. The molecule has 0 aliphatic carbocycles. The number of nitrogens with zero attached hydrogens (tertiary/aromatic N) is 1. The zero-order valence-electron chi connectivity index (χ0n) is 15.1. The summed E-state index contributed by atoms with van der Waals surface area (Å²) in [5.74, 6) is -0.0291. The van der Waals surface area contributed by atoms with E-state index in [-0.39, 0.29) is 5.91 Å². The number of likely N-dealkylation sites (N-methyl/N-ethyl adjacent to an activating group) is 1. The first kappa shape index (κ1) is 19.4. The van der Waals surface area contributed by atoms with Gasteiger partial charge < -0.3 is 10.1 Å². The summed E-state index contributed by atoms with van der Waals surface area (Å²) in [5, 5.41) is 2.63. The average Bonchev–Trinajstić information content (AvgIpc) is 3.10. The number of carbonyl (C=O) groups excluding carboxylic acids is 2. The number of thiazole rings is 1. The van der Waals surface area contributed by atoms with E-state index in [1.807, 2.05) is 37.3 Å². The van der Waals surface area contributed by atoms with Crippen LogP contribution in [0.1, 0.15) is 29.8 Å². The monoisotopic (exact) mass is 400 g/mol. The highest BCUT2D eigenvalue weighted by Crippen LogP contribution is 2.31. The van der Waals surface area contributed by atoms with Crippen LogP contribution in [0.15, 0.2) is 52.9 Å². The van der Waals surface area contributed by atoms with Gasteiger partial charge in [0, 0.05) is 12.3 Å². The number of fused-ring (bicyclic) bond motifs is 1. The van der Waals surface area contributed by atoms with Crippen molar-refractivity contribution in [2.45, 2.75) is 30.0 Å². The zero-order valence-corrected chi connectivity index (χ0v) is 16.7. The van der Waals surface area contributed by atoms with E-state index in [4.69, 9.17) is 4.74 Å². The maximum atomic E-state index is 12.1. The second-order valence-corrected chi connectivity index (χ2v) is 8.13.